The monoisotopic (exact) mass is 338 g/mol. The zero-order valence-corrected chi connectivity index (χ0v) is 12.1. The van der Waals surface area contributed by atoms with Crippen molar-refractivity contribution < 1.29 is 19.4 Å². The van der Waals surface area contributed by atoms with E-state index in [1.165, 1.54) is 10.9 Å². The van der Waals surface area contributed by atoms with Crippen LogP contribution in [0.1, 0.15) is 27.8 Å². The smallest absolute Gasteiger partial charge is 0.359 e. The molecule has 2 aromatic rings. The van der Waals surface area contributed by atoms with Gasteiger partial charge in [-0.3, -0.25) is 0 Å². The van der Waals surface area contributed by atoms with Crippen LogP contribution in [0.15, 0.2) is 34.9 Å². The van der Waals surface area contributed by atoms with Gasteiger partial charge >= 0.3 is 11.9 Å². The lowest BCUT2D eigenvalue weighted by Crippen LogP contribution is -2.11. The van der Waals surface area contributed by atoms with Crippen molar-refractivity contribution in [1.82, 2.24) is 9.78 Å². The van der Waals surface area contributed by atoms with Crippen molar-refractivity contribution >= 4 is 27.9 Å². The van der Waals surface area contributed by atoms with Gasteiger partial charge in [0.25, 0.3) is 0 Å². The Hall–Kier alpha value is -2.15. The fraction of sp³-hybridized carbons (Fsp3) is 0.154. The first-order chi connectivity index (χ1) is 9.52. The number of aromatic nitrogens is 2. The number of hydrogen-bond acceptors (Lipinski definition) is 4. The maximum absolute atomic E-state index is 11.7. The molecule has 0 saturated carbocycles. The summed E-state index contributed by atoms with van der Waals surface area (Å²) in [6.45, 7) is 1.80. The summed E-state index contributed by atoms with van der Waals surface area (Å²) in [4.78, 5) is 22.9. The minimum absolute atomic E-state index is 0.156. The molecule has 0 atom stereocenters. The first kappa shape index (κ1) is 14.3. The molecule has 1 heterocycles. The van der Waals surface area contributed by atoms with Gasteiger partial charge in [-0.1, -0.05) is 15.9 Å². The van der Waals surface area contributed by atoms with Crippen molar-refractivity contribution in [2.45, 2.75) is 6.92 Å². The minimum atomic E-state index is -1.23. The number of hydrogen-bond donors (Lipinski definition) is 1. The normalized spacial score (nSPS) is 10.3. The van der Waals surface area contributed by atoms with Crippen LogP contribution >= 0.6 is 15.9 Å². The zero-order chi connectivity index (χ0) is 14.7. The van der Waals surface area contributed by atoms with Gasteiger partial charge in [-0.2, -0.15) is 5.10 Å². The standard InChI is InChI=1S/C13H11BrN2O4/c1-2-20-13(19)11-10(12(17)18)7-16(15-11)9-5-3-8(14)4-6-9/h3-7H,2H2,1H3,(H,17,18). The highest BCUT2D eigenvalue weighted by Gasteiger charge is 2.23. The summed E-state index contributed by atoms with van der Waals surface area (Å²) in [7, 11) is 0. The average Bonchev–Trinajstić information content (AvgIpc) is 2.85. The number of carboxylic acid groups (broad SMARTS) is 1. The lowest BCUT2D eigenvalue weighted by Gasteiger charge is -2.01. The Kier molecular flexibility index (Phi) is 4.19. The van der Waals surface area contributed by atoms with E-state index < -0.39 is 11.9 Å². The molecule has 0 spiro atoms. The molecule has 0 radical (unpaired) electrons. The Morgan fingerprint density at radius 2 is 2.00 bits per heavy atom. The predicted molar refractivity (Wildman–Crippen MR) is 74.2 cm³/mol. The maximum atomic E-state index is 11.7. The van der Waals surface area contributed by atoms with Crippen molar-refractivity contribution in [2.75, 3.05) is 6.61 Å². The molecule has 0 unspecified atom stereocenters. The van der Waals surface area contributed by atoms with E-state index in [0.717, 1.165) is 4.47 Å². The molecule has 104 valence electrons. The van der Waals surface area contributed by atoms with Crippen LogP contribution < -0.4 is 0 Å². The molecular formula is C13H11BrN2O4. The van der Waals surface area contributed by atoms with Crippen molar-refractivity contribution in [3.63, 3.8) is 0 Å². The van der Waals surface area contributed by atoms with Crippen LogP contribution in [0, 0.1) is 0 Å². The highest BCUT2D eigenvalue weighted by Crippen LogP contribution is 2.16. The molecule has 0 fully saturated rings. The quantitative estimate of drug-likeness (QED) is 0.866. The lowest BCUT2D eigenvalue weighted by molar-refractivity contribution is 0.0507. The van der Waals surface area contributed by atoms with Crippen molar-refractivity contribution in [3.8, 4) is 5.69 Å². The van der Waals surface area contributed by atoms with Gasteiger partial charge in [-0.25, -0.2) is 14.3 Å². The van der Waals surface area contributed by atoms with Crippen LogP contribution in [0.4, 0.5) is 0 Å². The molecule has 1 N–H and O–H groups in total. The van der Waals surface area contributed by atoms with E-state index in [1.807, 2.05) is 0 Å². The van der Waals surface area contributed by atoms with E-state index in [0.29, 0.717) is 5.69 Å². The number of rotatable bonds is 4. The number of nitrogens with zero attached hydrogens (tertiary/aromatic N) is 2. The Bertz CT molecular complexity index is 649. The van der Waals surface area contributed by atoms with Gasteiger partial charge in [0.15, 0.2) is 5.69 Å². The number of carboxylic acids is 1. The van der Waals surface area contributed by atoms with Gasteiger partial charge in [-0.15, -0.1) is 0 Å². The highest BCUT2D eigenvalue weighted by atomic mass is 79.9. The van der Waals surface area contributed by atoms with E-state index in [9.17, 15) is 9.59 Å². The summed E-state index contributed by atoms with van der Waals surface area (Å²) in [6, 6.07) is 7.08. The number of ether oxygens (including phenoxy) is 1. The number of esters is 1. The molecule has 20 heavy (non-hydrogen) atoms. The third-order valence-corrected chi connectivity index (χ3v) is 3.03. The number of benzene rings is 1. The summed E-state index contributed by atoms with van der Waals surface area (Å²) in [5.41, 5.74) is 0.250. The number of carbonyl (C=O) groups is 2. The summed E-state index contributed by atoms with van der Waals surface area (Å²) < 4.78 is 7.02. The van der Waals surface area contributed by atoms with Crippen LogP contribution in [-0.4, -0.2) is 33.4 Å². The predicted octanol–water partition coefficient (Wildman–Crippen LogP) is 2.51. The van der Waals surface area contributed by atoms with Crippen LogP contribution in [0.2, 0.25) is 0 Å². The molecule has 0 aliphatic heterocycles. The molecule has 0 amide bonds. The maximum Gasteiger partial charge on any atom is 0.359 e. The van der Waals surface area contributed by atoms with Crippen LogP contribution in [0.5, 0.6) is 0 Å². The highest BCUT2D eigenvalue weighted by molar-refractivity contribution is 9.10. The zero-order valence-electron chi connectivity index (χ0n) is 10.5. The second-order valence-electron chi connectivity index (χ2n) is 3.84. The Balaban J connectivity index is 2.46. The van der Waals surface area contributed by atoms with E-state index >= 15 is 0 Å². The van der Waals surface area contributed by atoms with Crippen molar-refractivity contribution in [2.24, 2.45) is 0 Å². The summed E-state index contributed by atoms with van der Waals surface area (Å²) in [5.74, 6) is -1.97. The second kappa shape index (κ2) is 5.87. The number of carbonyl (C=O) groups excluding carboxylic acids is 1. The average molecular weight is 339 g/mol. The molecule has 0 bridgehead atoms. The summed E-state index contributed by atoms with van der Waals surface area (Å²) >= 11 is 3.31. The van der Waals surface area contributed by atoms with Gasteiger partial charge in [-0.05, 0) is 31.2 Å². The molecule has 2 rings (SSSR count). The van der Waals surface area contributed by atoms with Gasteiger partial charge in [0, 0.05) is 10.7 Å². The molecular weight excluding hydrogens is 328 g/mol. The third-order valence-electron chi connectivity index (χ3n) is 2.50. The molecule has 6 nitrogen and oxygen atoms in total. The molecule has 0 aliphatic rings. The Morgan fingerprint density at radius 1 is 1.35 bits per heavy atom. The number of aromatic carboxylic acids is 1. The Labute approximate surface area is 123 Å². The van der Waals surface area contributed by atoms with Gasteiger partial charge in [0.05, 0.1) is 12.3 Å². The molecule has 0 aliphatic carbocycles. The van der Waals surface area contributed by atoms with Gasteiger partial charge in [0.2, 0.25) is 0 Å². The fourth-order valence-electron chi connectivity index (χ4n) is 1.61. The van der Waals surface area contributed by atoms with Gasteiger partial charge in [0.1, 0.15) is 5.56 Å². The first-order valence-corrected chi connectivity index (χ1v) is 6.58. The summed E-state index contributed by atoms with van der Waals surface area (Å²) in [6.07, 6.45) is 1.29. The topological polar surface area (TPSA) is 81.4 Å². The van der Waals surface area contributed by atoms with Gasteiger partial charge < -0.3 is 9.84 Å². The SMILES string of the molecule is CCOC(=O)c1nn(-c2ccc(Br)cc2)cc1C(=O)O. The Morgan fingerprint density at radius 3 is 2.55 bits per heavy atom. The molecule has 0 saturated heterocycles. The lowest BCUT2D eigenvalue weighted by atomic mass is 10.2. The van der Waals surface area contributed by atoms with Crippen LogP contribution in [0.3, 0.4) is 0 Å². The van der Waals surface area contributed by atoms with Crippen LogP contribution in [0.25, 0.3) is 5.69 Å². The van der Waals surface area contributed by atoms with Crippen LogP contribution in [-0.2, 0) is 4.74 Å². The van der Waals surface area contributed by atoms with E-state index in [2.05, 4.69) is 21.0 Å². The fourth-order valence-corrected chi connectivity index (χ4v) is 1.87. The molecule has 1 aromatic carbocycles. The first-order valence-electron chi connectivity index (χ1n) is 5.79. The largest absolute Gasteiger partial charge is 0.478 e. The molecule has 1 aromatic heterocycles. The van der Waals surface area contributed by atoms with E-state index in [1.54, 1.807) is 31.2 Å². The van der Waals surface area contributed by atoms with Crippen molar-refractivity contribution in [3.05, 3.63) is 46.2 Å². The number of halogens is 1. The second-order valence-corrected chi connectivity index (χ2v) is 4.75. The van der Waals surface area contributed by atoms with E-state index in [-0.39, 0.29) is 17.9 Å². The van der Waals surface area contributed by atoms with E-state index in [4.69, 9.17) is 9.84 Å². The third kappa shape index (κ3) is 2.88. The minimum Gasteiger partial charge on any atom is -0.478 e. The summed E-state index contributed by atoms with van der Waals surface area (Å²) in [5, 5.41) is 13.1. The van der Waals surface area contributed by atoms with Crippen molar-refractivity contribution in [1.29, 1.82) is 0 Å². The molecule has 7 heteroatoms.